The van der Waals surface area contributed by atoms with Crippen LogP contribution in [-0.4, -0.2) is 52.1 Å². The highest BCUT2D eigenvalue weighted by atomic mass is 35.5. The second kappa shape index (κ2) is 8.81. The van der Waals surface area contributed by atoms with Crippen molar-refractivity contribution in [1.29, 1.82) is 0 Å². The number of aromatic nitrogens is 2. The van der Waals surface area contributed by atoms with Crippen LogP contribution >= 0.6 is 11.6 Å². The van der Waals surface area contributed by atoms with Crippen molar-refractivity contribution in [2.75, 3.05) is 26.2 Å². The van der Waals surface area contributed by atoms with Crippen LogP contribution in [0.25, 0.3) is 0 Å². The van der Waals surface area contributed by atoms with E-state index < -0.39 is 6.10 Å². The van der Waals surface area contributed by atoms with E-state index >= 15 is 0 Å². The van der Waals surface area contributed by atoms with Crippen molar-refractivity contribution in [3.05, 3.63) is 52.8 Å². The molecule has 25 heavy (non-hydrogen) atoms. The molecule has 5 nitrogen and oxygen atoms in total. The van der Waals surface area contributed by atoms with Crippen molar-refractivity contribution in [1.82, 2.24) is 14.7 Å². The summed E-state index contributed by atoms with van der Waals surface area (Å²) in [6.45, 7) is 3.40. The Morgan fingerprint density at radius 3 is 2.72 bits per heavy atom. The Kier molecular flexibility index (Phi) is 6.48. The zero-order valence-corrected chi connectivity index (χ0v) is 15.4. The molecule has 1 fully saturated rings. The predicted octanol–water partition coefficient (Wildman–Crippen LogP) is 2.83. The summed E-state index contributed by atoms with van der Waals surface area (Å²) in [5.41, 5.74) is 2.26. The van der Waals surface area contributed by atoms with Crippen LogP contribution in [0, 0.1) is 0 Å². The maximum atomic E-state index is 10.2. The first kappa shape index (κ1) is 18.4. The zero-order valence-electron chi connectivity index (χ0n) is 14.6. The third-order valence-corrected chi connectivity index (χ3v) is 5.23. The van der Waals surface area contributed by atoms with Crippen LogP contribution in [0.3, 0.4) is 0 Å². The van der Waals surface area contributed by atoms with Gasteiger partial charge in [0.15, 0.2) is 0 Å². The third kappa shape index (κ3) is 5.05. The number of ether oxygens (including phenoxy) is 1. The number of aliphatic hydroxyl groups is 1. The van der Waals surface area contributed by atoms with Crippen LogP contribution in [0.1, 0.15) is 30.0 Å². The van der Waals surface area contributed by atoms with Gasteiger partial charge in [-0.1, -0.05) is 29.8 Å². The minimum absolute atomic E-state index is 0.326. The number of β-amino-alcohol motifs (C(OH)–C–C–N with tert-alkyl or cyclic N) is 1. The molecule has 0 aliphatic carbocycles. The molecule has 2 aromatic rings. The number of hydrogen-bond donors (Lipinski definition) is 1. The summed E-state index contributed by atoms with van der Waals surface area (Å²) in [6, 6.07) is 9.74. The number of halogens is 1. The second-order valence-electron chi connectivity index (χ2n) is 6.71. The van der Waals surface area contributed by atoms with Gasteiger partial charge in [-0.05, 0) is 43.6 Å². The highest BCUT2D eigenvalue weighted by Crippen LogP contribution is 2.27. The summed E-state index contributed by atoms with van der Waals surface area (Å²) in [6.07, 6.45) is 3.59. The number of rotatable bonds is 7. The molecule has 1 atom stereocenters. The molecule has 1 N–H and O–H groups in total. The molecular formula is C19H26ClN3O2. The van der Waals surface area contributed by atoms with E-state index in [1.54, 1.807) is 0 Å². The Bertz CT molecular complexity index is 668. The summed E-state index contributed by atoms with van der Waals surface area (Å²) >= 11 is 6.11. The topological polar surface area (TPSA) is 50.5 Å². The fourth-order valence-corrected chi connectivity index (χ4v) is 3.66. The SMILES string of the molecule is Cn1nccc1C1CCN(CC(O)COCc2ccccc2Cl)CC1. The van der Waals surface area contributed by atoms with E-state index in [0.717, 1.165) is 31.5 Å². The van der Waals surface area contributed by atoms with Gasteiger partial charge in [-0.15, -0.1) is 0 Å². The number of aliphatic hydroxyl groups excluding tert-OH is 1. The second-order valence-corrected chi connectivity index (χ2v) is 7.12. The van der Waals surface area contributed by atoms with Crippen LogP contribution < -0.4 is 0 Å². The maximum Gasteiger partial charge on any atom is 0.0900 e. The molecule has 1 unspecified atom stereocenters. The highest BCUT2D eigenvalue weighted by Gasteiger charge is 2.23. The van der Waals surface area contributed by atoms with E-state index in [-0.39, 0.29) is 0 Å². The van der Waals surface area contributed by atoms with Gasteiger partial charge in [0.05, 0.1) is 19.3 Å². The highest BCUT2D eigenvalue weighted by molar-refractivity contribution is 6.31. The minimum atomic E-state index is -0.476. The molecule has 0 bridgehead atoms. The van der Waals surface area contributed by atoms with Gasteiger partial charge in [-0.25, -0.2) is 0 Å². The summed E-state index contributed by atoms with van der Waals surface area (Å²) in [5, 5.41) is 15.2. The molecule has 1 aliphatic heterocycles. The van der Waals surface area contributed by atoms with Gasteiger partial charge in [-0.3, -0.25) is 4.68 Å². The fraction of sp³-hybridized carbons (Fsp3) is 0.526. The summed E-state index contributed by atoms with van der Waals surface area (Å²) < 4.78 is 7.60. The minimum Gasteiger partial charge on any atom is -0.389 e. The van der Waals surface area contributed by atoms with Crippen molar-refractivity contribution >= 4 is 11.6 Å². The van der Waals surface area contributed by atoms with E-state index in [1.807, 2.05) is 42.2 Å². The lowest BCUT2D eigenvalue weighted by Gasteiger charge is -2.33. The van der Waals surface area contributed by atoms with E-state index in [2.05, 4.69) is 16.1 Å². The summed E-state index contributed by atoms with van der Waals surface area (Å²) in [4.78, 5) is 2.32. The lowest BCUT2D eigenvalue weighted by atomic mass is 9.93. The van der Waals surface area contributed by atoms with Crippen LogP contribution in [0.5, 0.6) is 0 Å². The summed E-state index contributed by atoms with van der Waals surface area (Å²) in [5.74, 6) is 0.567. The van der Waals surface area contributed by atoms with E-state index in [9.17, 15) is 5.11 Å². The number of piperidine rings is 1. The van der Waals surface area contributed by atoms with Gasteiger partial charge >= 0.3 is 0 Å². The molecule has 3 rings (SSSR count). The van der Waals surface area contributed by atoms with E-state index in [4.69, 9.17) is 16.3 Å². The van der Waals surface area contributed by atoms with Crippen LogP contribution in [0.2, 0.25) is 5.02 Å². The molecule has 136 valence electrons. The average molecular weight is 364 g/mol. The number of hydrogen-bond acceptors (Lipinski definition) is 4. The largest absolute Gasteiger partial charge is 0.389 e. The lowest BCUT2D eigenvalue weighted by Crippen LogP contribution is -2.40. The lowest BCUT2D eigenvalue weighted by molar-refractivity contribution is 0.00612. The molecule has 1 aromatic heterocycles. The van der Waals surface area contributed by atoms with Crippen molar-refractivity contribution in [2.24, 2.45) is 7.05 Å². The molecule has 0 saturated carbocycles. The van der Waals surface area contributed by atoms with Gasteiger partial charge in [-0.2, -0.15) is 5.10 Å². The number of nitrogens with zero attached hydrogens (tertiary/aromatic N) is 3. The molecule has 1 aliphatic rings. The van der Waals surface area contributed by atoms with Gasteiger partial charge in [0, 0.05) is 36.4 Å². The normalized spacial score (nSPS) is 17.7. The van der Waals surface area contributed by atoms with Gasteiger partial charge in [0.1, 0.15) is 0 Å². The molecule has 2 heterocycles. The standard InChI is InChI=1S/C19H26ClN3O2/c1-22-19(6-9-21-22)15-7-10-23(11-8-15)12-17(24)14-25-13-16-4-2-3-5-18(16)20/h2-6,9,15,17,24H,7-8,10-14H2,1H3. The molecular weight excluding hydrogens is 338 g/mol. The van der Waals surface area contributed by atoms with Crippen molar-refractivity contribution in [2.45, 2.75) is 31.5 Å². The van der Waals surface area contributed by atoms with Crippen molar-refractivity contribution < 1.29 is 9.84 Å². The average Bonchev–Trinajstić information content (AvgIpc) is 3.03. The first-order valence-electron chi connectivity index (χ1n) is 8.83. The Morgan fingerprint density at radius 2 is 2.04 bits per heavy atom. The number of likely N-dealkylation sites (tertiary alicyclic amines) is 1. The Balaban J connectivity index is 1.37. The smallest absolute Gasteiger partial charge is 0.0900 e. The van der Waals surface area contributed by atoms with Gasteiger partial charge in [0.2, 0.25) is 0 Å². The molecule has 1 saturated heterocycles. The summed E-state index contributed by atoms with van der Waals surface area (Å²) in [7, 11) is 2.00. The first-order chi connectivity index (χ1) is 12.1. The Hall–Kier alpha value is -1.40. The van der Waals surface area contributed by atoms with Crippen molar-refractivity contribution in [3.8, 4) is 0 Å². The van der Waals surface area contributed by atoms with E-state index in [1.165, 1.54) is 5.69 Å². The number of benzene rings is 1. The molecule has 0 radical (unpaired) electrons. The molecule has 0 spiro atoms. The monoisotopic (exact) mass is 363 g/mol. The number of aryl methyl sites for hydroxylation is 1. The predicted molar refractivity (Wildman–Crippen MR) is 98.7 cm³/mol. The Morgan fingerprint density at radius 1 is 1.28 bits per heavy atom. The third-order valence-electron chi connectivity index (χ3n) is 4.86. The van der Waals surface area contributed by atoms with Gasteiger partial charge in [0.25, 0.3) is 0 Å². The van der Waals surface area contributed by atoms with Crippen molar-refractivity contribution in [3.63, 3.8) is 0 Å². The Labute approximate surface area is 154 Å². The molecule has 6 heteroatoms. The fourth-order valence-electron chi connectivity index (χ4n) is 3.47. The maximum absolute atomic E-state index is 10.2. The van der Waals surface area contributed by atoms with E-state index in [0.29, 0.717) is 30.7 Å². The quantitative estimate of drug-likeness (QED) is 0.821. The zero-order chi connectivity index (χ0) is 17.6. The molecule has 1 aromatic carbocycles. The molecule has 0 amide bonds. The van der Waals surface area contributed by atoms with Crippen LogP contribution in [0.15, 0.2) is 36.5 Å². The van der Waals surface area contributed by atoms with Crippen LogP contribution in [-0.2, 0) is 18.4 Å². The first-order valence-corrected chi connectivity index (χ1v) is 9.20. The van der Waals surface area contributed by atoms with Gasteiger partial charge < -0.3 is 14.7 Å². The van der Waals surface area contributed by atoms with Crippen LogP contribution in [0.4, 0.5) is 0 Å².